The fourth-order valence-electron chi connectivity index (χ4n) is 10.5. The minimum absolute atomic E-state index is 0.254. The van der Waals surface area contributed by atoms with Gasteiger partial charge in [0.15, 0.2) is 12.6 Å². The van der Waals surface area contributed by atoms with E-state index in [2.05, 4.69) is 92.1 Å². The molecular weight excluding hydrogens is 1050 g/mol. The Morgan fingerprint density at radius 3 is 1.33 bits per heavy atom. The standard InChI is InChI=1S/C69H121NO13/c1-3-5-7-9-11-13-15-17-19-21-23-25-27-28-29-30-31-33-35-37-39-41-43-45-47-49-51-53-61(74)70-57(56-80-68-66(79)64(77)67(60(55-72)82-68)83-69-65(78)63(76)62(75)59(54-71)81-69)58(73)52-50-48-46-44-42-40-38-36-34-32-26-24-22-20-18-16-14-12-10-8-6-4-2/h5,7,11,13,17,19,23,25,28-29,42,44,50,52,57-60,62-69,71-73,75-79H,3-4,6,8-10,12,14-16,18,20-22,24,26-27,30-41,43,45-49,51,53-56H2,1-2H3,(H,70,74)/b7-5-,13-11-,19-17-,25-23-,29-28-,44-42+,52-50+. The SMILES string of the molecule is CC/C=C\C/C=C\C/C=C\C/C=C\C/C=C\CCCCCCCCCCCCCC(=O)NC(COC1OC(CO)C(OC2OC(CO)C(O)C(O)C2O)C(O)C1O)C(O)/C=C/CC/C=C/CCCCCCCCCCCCCCCCCC. The normalized spacial score (nSPS) is 24.4. The highest BCUT2D eigenvalue weighted by Gasteiger charge is 2.51. The van der Waals surface area contributed by atoms with Crippen LogP contribution >= 0.6 is 0 Å². The van der Waals surface area contributed by atoms with Crippen molar-refractivity contribution >= 4 is 5.91 Å². The lowest BCUT2D eigenvalue weighted by atomic mass is 9.97. The Morgan fingerprint density at radius 2 is 0.843 bits per heavy atom. The Bertz CT molecular complexity index is 1710. The third-order valence-electron chi connectivity index (χ3n) is 15.8. The predicted molar refractivity (Wildman–Crippen MR) is 336 cm³/mol. The molecule has 9 N–H and O–H groups in total. The van der Waals surface area contributed by atoms with Gasteiger partial charge in [0.1, 0.15) is 48.8 Å². The van der Waals surface area contributed by atoms with Crippen molar-refractivity contribution in [2.45, 2.75) is 325 Å². The molecule has 0 spiro atoms. The van der Waals surface area contributed by atoms with Crippen LogP contribution in [0.4, 0.5) is 0 Å². The van der Waals surface area contributed by atoms with Gasteiger partial charge in [0, 0.05) is 6.42 Å². The molecule has 14 nitrogen and oxygen atoms in total. The predicted octanol–water partition coefficient (Wildman–Crippen LogP) is 12.8. The number of amides is 1. The molecular formula is C69H121NO13. The third kappa shape index (κ3) is 38.1. The molecule has 2 aliphatic rings. The van der Waals surface area contributed by atoms with E-state index in [1.165, 1.54) is 148 Å². The quantitative estimate of drug-likeness (QED) is 0.0204. The van der Waals surface area contributed by atoms with Crippen molar-refractivity contribution in [1.29, 1.82) is 0 Å². The fraction of sp³-hybridized carbons (Fsp3) is 0.783. The van der Waals surface area contributed by atoms with Crippen LogP contribution in [0.3, 0.4) is 0 Å². The molecule has 0 radical (unpaired) electrons. The van der Waals surface area contributed by atoms with Crippen molar-refractivity contribution in [2.75, 3.05) is 19.8 Å². The van der Waals surface area contributed by atoms with E-state index in [0.717, 1.165) is 70.6 Å². The molecule has 83 heavy (non-hydrogen) atoms. The maximum Gasteiger partial charge on any atom is 0.220 e. The summed E-state index contributed by atoms with van der Waals surface area (Å²) in [5.74, 6) is -0.254. The van der Waals surface area contributed by atoms with Gasteiger partial charge in [-0.15, -0.1) is 0 Å². The number of hydrogen-bond acceptors (Lipinski definition) is 13. The van der Waals surface area contributed by atoms with E-state index in [9.17, 15) is 45.6 Å². The first-order valence-electron chi connectivity index (χ1n) is 33.3. The van der Waals surface area contributed by atoms with Gasteiger partial charge < -0.3 is 65.1 Å². The van der Waals surface area contributed by atoms with Gasteiger partial charge >= 0.3 is 0 Å². The summed E-state index contributed by atoms with van der Waals surface area (Å²) in [5, 5.41) is 87.3. The largest absolute Gasteiger partial charge is 0.394 e. The van der Waals surface area contributed by atoms with Gasteiger partial charge in [0.25, 0.3) is 0 Å². The molecule has 2 heterocycles. The topological polar surface area (TPSA) is 228 Å². The number of aliphatic hydroxyl groups excluding tert-OH is 8. The van der Waals surface area contributed by atoms with Crippen molar-refractivity contribution in [3.8, 4) is 0 Å². The van der Waals surface area contributed by atoms with E-state index in [4.69, 9.17) is 18.9 Å². The summed E-state index contributed by atoms with van der Waals surface area (Å²) in [5.41, 5.74) is 0. The van der Waals surface area contributed by atoms with Gasteiger partial charge in [-0.2, -0.15) is 0 Å². The minimum Gasteiger partial charge on any atom is -0.394 e. The Hall–Kier alpha value is -2.83. The molecule has 2 saturated heterocycles. The van der Waals surface area contributed by atoms with E-state index < -0.39 is 86.8 Å². The second-order valence-corrected chi connectivity index (χ2v) is 23.2. The lowest BCUT2D eigenvalue weighted by Gasteiger charge is -2.46. The Balaban J connectivity index is 1.73. The highest BCUT2D eigenvalue weighted by Crippen LogP contribution is 2.30. The van der Waals surface area contributed by atoms with Gasteiger partial charge in [0.05, 0.1) is 32.0 Å². The highest BCUT2D eigenvalue weighted by molar-refractivity contribution is 5.76. The number of allylic oxidation sites excluding steroid dienone is 13. The molecule has 0 aromatic heterocycles. The number of carbonyl (C=O) groups is 1. The maximum atomic E-state index is 13.3. The molecule has 480 valence electrons. The first-order valence-corrected chi connectivity index (χ1v) is 33.3. The second kappa shape index (κ2) is 53.4. The van der Waals surface area contributed by atoms with Crippen molar-refractivity contribution < 1.29 is 64.6 Å². The molecule has 2 aliphatic heterocycles. The smallest absolute Gasteiger partial charge is 0.220 e. The Kier molecular flexibility index (Phi) is 49.1. The highest BCUT2D eigenvalue weighted by atomic mass is 16.7. The number of carbonyl (C=O) groups excluding carboxylic acids is 1. The summed E-state index contributed by atoms with van der Waals surface area (Å²) in [6, 6.07) is -0.939. The van der Waals surface area contributed by atoms with Crippen LogP contribution in [0.25, 0.3) is 0 Å². The Labute approximate surface area is 503 Å². The molecule has 0 saturated carbocycles. The van der Waals surface area contributed by atoms with Crippen LogP contribution in [0.5, 0.6) is 0 Å². The Morgan fingerprint density at radius 1 is 0.446 bits per heavy atom. The average Bonchev–Trinajstić information content (AvgIpc) is 3.65. The lowest BCUT2D eigenvalue weighted by Crippen LogP contribution is -2.65. The molecule has 12 unspecified atom stereocenters. The second-order valence-electron chi connectivity index (χ2n) is 23.2. The molecule has 0 aromatic rings. The lowest BCUT2D eigenvalue weighted by molar-refractivity contribution is -0.359. The summed E-state index contributed by atoms with van der Waals surface area (Å²) < 4.78 is 22.8. The van der Waals surface area contributed by atoms with Gasteiger partial charge in [-0.1, -0.05) is 253 Å². The summed E-state index contributed by atoms with van der Waals surface area (Å²) in [6.07, 6.45) is 56.2. The van der Waals surface area contributed by atoms with Crippen molar-refractivity contribution in [3.63, 3.8) is 0 Å². The monoisotopic (exact) mass is 1170 g/mol. The molecule has 0 aliphatic carbocycles. The van der Waals surface area contributed by atoms with E-state index in [1.807, 2.05) is 6.08 Å². The van der Waals surface area contributed by atoms with Crippen molar-refractivity contribution in [3.05, 3.63) is 85.1 Å². The van der Waals surface area contributed by atoms with Crippen LogP contribution in [0.15, 0.2) is 85.1 Å². The van der Waals surface area contributed by atoms with Crippen molar-refractivity contribution in [2.24, 2.45) is 0 Å². The average molecular weight is 1170 g/mol. The molecule has 14 heteroatoms. The molecule has 0 bridgehead atoms. The van der Waals surface area contributed by atoms with Gasteiger partial charge in [-0.3, -0.25) is 4.79 Å². The fourth-order valence-corrected chi connectivity index (χ4v) is 10.5. The van der Waals surface area contributed by atoms with Crippen LogP contribution in [-0.4, -0.2) is 140 Å². The molecule has 2 rings (SSSR count). The van der Waals surface area contributed by atoms with Crippen LogP contribution in [0, 0.1) is 0 Å². The van der Waals surface area contributed by atoms with E-state index in [1.54, 1.807) is 6.08 Å². The number of ether oxygens (including phenoxy) is 4. The van der Waals surface area contributed by atoms with Gasteiger partial charge in [-0.25, -0.2) is 0 Å². The summed E-state index contributed by atoms with van der Waals surface area (Å²) >= 11 is 0. The van der Waals surface area contributed by atoms with Gasteiger partial charge in [-0.05, 0) is 77.0 Å². The van der Waals surface area contributed by atoms with E-state index >= 15 is 0 Å². The zero-order valence-electron chi connectivity index (χ0n) is 51.9. The van der Waals surface area contributed by atoms with Gasteiger partial charge in [0.2, 0.25) is 5.91 Å². The summed E-state index contributed by atoms with van der Waals surface area (Å²) in [4.78, 5) is 13.3. The zero-order chi connectivity index (χ0) is 60.2. The molecule has 0 aromatic carbocycles. The zero-order valence-corrected chi connectivity index (χ0v) is 51.9. The first-order chi connectivity index (χ1) is 40.6. The number of aliphatic hydroxyl groups is 8. The number of unbranched alkanes of at least 4 members (excludes halogenated alkanes) is 28. The number of hydrogen-bond donors (Lipinski definition) is 9. The summed E-state index contributed by atoms with van der Waals surface area (Å²) in [6.45, 7) is 2.68. The van der Waals surface area contributed by atoms with Crippen molar-refractivity contribution in [1.82, 2.24) is 5.32 Å². The van der Waals surface area contributed by atoms with Crippen LogP contribution < -0.4 is 5.32 Å². The molecule has 12 atom stereocenters. The number of rotatable bonds is 53. The van der Waals surface area contributed by atoms with E-state index in [0.29, 0.717) is 12.8 Å². The minimum atomic E-state index is -1.79. The third-order valence-corrected chi connectivity index (χ3v) is 15.8. The first kappa shape index (κ1) is 76.3. The molecule has 1 amide bonds. The molecule has 2 fully saturated rings. The van der Waals surface area contributed by atoms with Crippen LogP contribution in [-0.2, 0) is 23.7 Å². The number of nitrogens with one attached hydrogen (secondary N) is 1. The van der Waals surface area contributed by atoms with E-state index in [-0.39, 0.29) is 18.9 Å². The van der Waals surface area contributed by atoms with Crippen LogP contribution in [0.2, 0.25) is 0 Å². The maximum absolute atomic E-state index is 13.3. The summed E-state index contributed by atoms with van der Waals surface area (Å²) in [7, 11) is 0. The van der Waals surface area contributed by atoms with Crippen LogP contribution in [0.1, 0.15) is 251 Å².